The maximum absolute atomic E-state index is 13.0. The molecule has 1 atom stereocenters. The minimum Gasteiger partial charge on any atom is -0.497 e. The van der Waals surface area contributed by atoms with Crippen LogP contribution in [0.5, 0.6) is 11.5 Å². The van der Waals surface area contributed by atoms with Gasteiger partial charge in [-0.2, -0.15) is 11.3 Å². The lowest BCUT2D eigenvalue weighted by molar-refractivity contribution is -0.113. The summed E-state index contributed by atoms with van der Waals surface area (Å²) in [6.07, 6.45) is 0. The van der Waals surface area contributed by atoms with E-state index in [4.69, 9.17) is 9.47 Å². The maximum atomic E-state index is 13.0. The van der Waals surface area contributed by atoms with E-state index in [0.29, 0.717) is 28.5 Å². The molecule has 8 heteroatoms. The van der Waals surface area contributed by atoms with Crippen molar-refractivity contribution in [2.24, 2.45) is 0 Å². The number of methoxy groups -OCH3 is 2. The van der Waals surface area contributed by atoms with Gasteiger partial charge >= 0.3 is 6.03 Å². The van der Waals surface area contributed by atoms with E-state index in [-0.39, 0.29) is 11.9 Å². The molecule has 3 amide bonds. The quantitative estimate of drug-likeness (QED) is 0.752. The van der Waals surface area contributed by atoms with Crippen LogP contribution in [-0.4, -0.2) is 26.2 Å². The average Bonchev–Trinajstić information content (AvgIpc) is 3.15. The highest BCUT2D eigenvalue weighted by Gasteiger charge is 2.31. The molecule has 1 aromatic carbocycles. The number of rotatable bonds is 5. The van der Waals surface area contributed by atoms with Crippen LogP contribution >= 0.6 is 11.3 Å². The SMILES string of the molecule is COc1ccc(OC)c(NC(=O)C2=C(C)NC(=O)NC2c2ccsc2)c1. The highest BCUT2D eigenvalue weighted by atomic mass is 32.1. The van der Waals surface area contributed by atoms with Crippen LogP contribution in [0, 0.1) is 0 Å². The molecule has 3 N–H and O–H groups in total. The first-order chi connectivity index (χ1) is 12.5. The molecule has 2 aromatic rings. The molecule has 0 saturated heterocycles. The molecule has 7 nitrogen and oxygen atoms in total. The summed E-state index contributed by atoms with van der Waals surface area (Å²) in [7, 11) is 3.08. The second-order valence-corrected chi connectivity index (χ2v) is 6.43. The highest BCUT2D eigenvalue weighted by molar-refractivity contribution is 7.08. The van der Waals surface area contributed by atoms with Crippen LogP contribution in [0.1, 0.15) is 18.5 Å². The number of urea groups is 1. The third kappa shape index (κ3) is 3.50. The Balaban J connectivity index is 1.95. The molecule has 26 heavy (non-hydrogen) atoms. The third-order valence-electron chi connectivity index (χ3n) is 4.05. The van der Waals surface area contributed by atoms with E-state index in [1.165, 1.54) is 18.4 Å². The van der Waals surface area contributed by atoms with E-state index in [1.807, 2.05) is 16.8 Å². The fourth-order valence-electron chi connectivity index (χ4n) is 2.79. The van der Waals surface area contributed by atoms with E-state index in [9.17, 15) is 9.59 Å². The number of carbonyl (C=O) groups excluding carboxylic acids is 2. The van der Waals surface area contributed by atoms with E-state index < -0.39 is 6.04 Å². The van der Waals surface area contributed by atoms with Crippen molar-refractivity contribution in [3.63, 3.8) is 0 Å². The number of hydrogen-bond acceptors (Lipinski definition) is 5. The number of thiophene rings is 1. The van der Waals surface area contributed by atoms with Gasteiger partial charge in [-0.3, -0.25) is 4.79 Å². The largest absolute Gasteiger partial charge is 0.497 e. The van der Waals surface area contributed by atoms with E-state index in [2.05, 4.69) is 16.0 Å². The first kappa shape index (κ1) is 17.8. The minimum atomic E-state index is -0.522. The van der Waals surface area contributed by atoms with Crippen molar-refractivity contribution in [1.29, 1.82) is 0 Å². The molecular weight excluding hydrogens is 354 g/mol. The van der Waals surface area contributed by atoms with Gasteiger partial charge in [-0.25, -0.2) is 4.79 Å². The highest BCUT2D eigenvalue weighted by Crippen LogP contribution is 2.32. The summed E-state index contributed by atoms with van der Waals surface area (Å²) in [5, 5.41) is 12.1. The minimum absolute atomic E-state index is 0.335. The number of benzene rings is 1. The average molecular weight is 373 g/mol. The first-order valence-corrected chi connectivity index (χ1v) is 8.81. The van der Waals surface area contributed by atoms with Crippen molar-refractivity contribution in [1.82, 2.24) is 10.6 Å². The lowest BCUT2D eigenvalue weighted by atomic mass is 9.97. The first-order valence-electron chi connectivity index (χ1n) is 7.87. The number of ether oxygens (including phenoxy) is 2. The molecule has 0 radical (unpaired) electrons. The maximum Gasteiger partial charge on any atom is 0.319 e. The van der Waals surface area contributed by atoms with Crippen molar-refractivity contribution in [2.45, 2.75) is 13.0 Å². The van der Waals surface area contributed by atoms with Gasteiger partial charge in [0.1, 0.15) is 11.5 Å². The zero-order valence-corrected chi connectivity index (χ0v) is 15.4. The summed E-state index contributed by atoms with van der Waals surface area (Å²) in [6, 6.07) is 6.16. The summed E-state index contributed by atoms with van der Waals surface area (Å²) in [5.41, 5.74) is 2.28. The Kier molecular flexibility index (Phi) is 5.13. The summed E-state index contributed by atoms with van der Waals surface area (Å²) in [5.74, 6) is 0.770. The Morgan fingerprint density at radius 2 is 2.04 bits per heavy atom. The van der Waals surface area contributed by atoms with Gasteiger partial charge in [0, 0.05) is 11.8 Å². The van der Waals surface area contributed by atoms with Crippen LogP contribution in [0.4, 0.5) is 10.5 Å². The fraction of sp³-hybridized carbons (Fsp3) is 0.222. The molecule has 1 aliphatic rings. The van der Waals surface area contributed by atoms with Gasteiger partial charge in [0.15, 0.2) is 0 Å². The van der Waals surface area contributed by atoms with E-state index >= 15 is 0 Å². The van der Waals surface area contributed by atoms with Crippen LogP contribution in [0.25, 0.3) is 0 Å². The molecule has 1 aliphatic heterocycles. The van der Waals surface area contributed by atoms with Gasteiger partial charge in [-0.05, 0) is 41.4 Å². The van der Waals surface area contributed by atoms with Gasteiger partial charge in [0.25, 0.3) is 5.91 Å². The predicted molar refractivity (Wildman–Crippen MR) is 99.6 cm³/mol. The number of amides is 3. The van der Waals surface area contributed by atoms with Crippen molar-refractivity contribution in [3.05, 3.63) is 51.9 Å². The molecule has 0 aliphatic carbocycles. The molecular formula is C18H19N3O4S. The van der Waals surface area contributed by atoms with E-state index in [0.717, 1.165) is 5.56 Å². The second-order valence-electron chi connectivity index (χ2n) is 5.65. The third-order valence-corrected chi connectivity index (χ3v) is 4.75. The summed E-state index contributed by atoms with van der Waals surface area (Å²) >= 11 is 1.50. The van der Waals surface area contributed by atoms with E-state index in [1.54, 1.807) is 32.2 Å². The molecule has 0 bridgehead atoms. The van der Waals surface area contributed by atoms with Crippen LogP contribution in [0.2, 0.25) is 0 Å². The van der Waals surface area contributed by atoms with Crippen molar-refractivity contribution >= 4 is 29.0 Å². The van der Waals surface area contributed by atoms with Crippen molar-refractivity contribution < 1.29 is 19.1 Å². The Morgan fingerprint density at radius 3 is 2.69 bits per heavy atom. The molecule has 136 valence electrons. The molecule has 3 rings (SSSR count). The lowest BCUT2D eigenvalue weighted by Gasteiger charge is -2.28. The van der Waals surface area contributed by atoms with Gasteiger partial charge < -0.3 is 25.4 Å². The van der Waals surface area contributed by atoms with Crippen LogP contribution in [-0.2, 0) is 4.79 Å². The van der Waals surface area contributed by atoms with Gasteiger partial charge in [0.05, 0.1) is 31.5 Å². The topological polar surface area (TPSA) is 88.7 Å². The number of allylic oxidation sites excluding steroid dienone is 1. The van der Waals surface area contributed by atoms with Gasteiger partial charge in [-0.1, -0.05) is 0 Å². The number of nitrogens with one attached hydrogen (secondary N) is 3. The zero-order valence-electron chi connectivity index (χ0n) is 14.6. The Morgan fingerprint density at radius 1 is 1.23 bits per heavy atom. The molecule has 1 aromatic heterocycles. The smallest absolute Gasteiger partial charge is 0.319 e. The van der Waals surface area contributed by atoms with Crippen LogP contribution < -0.4 is 25.4 Å². The summed E-state index contributed by atoms with van der Waals surface area (Å²) in [4.78, 5) is 24.9. The standard InChI is InChI=1S/C18H19N3O4S/c1-10-15(16(21-18(23)19-10)11-6-7-26-9-11)17(22)20-13-8-12(24-2)4-5-14(13)25-3/h4-9,16H,1-3H3,(H,20,22)(H2,19,21,23). The molecule has 2 heterocycles. The lowest BCUT2D eigenvalue weighted by Crippen LogP contribution is -2.45. The van der Waals surface area contributed by atoms with Crippen molar-refractivity contribution in [2.75, 3.05) is 19.5 Å². The second kappa shape index (κ2) is 7.49. The molecule has 0 spiro atoms. The number of carbonyl (C=O) groups is 2. The van der Waals surface area contributed by atoms with Crippen LogP contribution in [0.3, 0.4) is 0 Å². The molecule has 0 fully saturated rings. The normalized spacial score (nSPS) is 16.6. The number of anilines is 1. The predicted octanol–water partition coefficient (Wildman–Crippen LogP) is 3.03. The summed E-state index contributed by atoms with van der Waals surface area (Å²) < 4.78 is 10.5. The Bertz CT molecular complexity index is 861. The zero-order chi connectivity index (χ0) is 18.7. The van der Waals surface area contributed by atoms with Crippen LogP contribution in [0.15, 0.2) is 46.3 Å². The fourth-order valence-corrected chi connectivity index (χ4v) is 3.47. The Labute approximate surface area is 155 Å². The molecule has 1 unspecified atom stereocenters. The van der Waals surface area contributed by atoms with Gasteiger partial charge in [-0.15, -0.1) is 0 Å². The number of hydrogen-bond donors (Lipinski definition) is 3. The monoisotopic (exact) mass is 373 g/mol. The Hall–Kier alpha value is -3.00. The molecule has 0 saturated carbocycles. The van der Waals surface area contributed by atoms with Gasteiger partial charge in [0.2, 0.25) is 0 Å². The van der Waals surface area contributed by atoms with Crippen molar-refractivity contribution in [3.8, 4) is 11.5 Å². The summed E-state index contributed by atoms with van der Waals surface area (Å²) in [6.45, 7) is 1.70.